The predicted octanol–water partition coefficient (Wildman–Crippen LogP) is 1.90. The molecule has 4 nitrogen and oxygen atoms in total. The van der Waals surface area contributed by atoms with E-state index in [2.05, 4.69) is 10.1 Å². The maximum atomic E-state index is 12.8. The van der Waals surface area contributed by atoms with Crippen molar-refractivity contribution in [2.24, 2.45) is 5.73 Å². The van der Waals surface area contributed by atoms with E-state index in [4.69, 9.17) is 10.3 Å². The van der Waals surface area contributed by atoms with Crippen LogP contribution in [0.3, 0.4) is 0 Å². The average molecular weight is 249 g/mol. The number of hydrogen-bond acceptors (Lipinski definition) is 4. The van der Waals surface area contributed by atoms with E-state index in [0.717, 1.165) is 23.6 Å². The van der Waals surface area contributed by atoms with Crippen LogP contribution in [0, 0.1) is 5.82 Å². The lowest BCUT2D eigenvalue weighted by atomic mass is 10.2. The van der Waals surface area contributed by atoms with Crippen molar-refractivity contribution in [1.29, 1.82) is 0 Å². The first kappa shape index (κ1) is 12.7. The monoisotopic (exact) mass is 249 g/mol. The van der Waals surface area contributed by atoms with Gasteiger partial charge in [0.2, 0.25) is 0 Å². The number of nitrogens with two attached hydrogens (primary N) is 1. The molecule has 96 valence electrons. The van der Waals surface area contributed by atoms with Gasteiger partial charge in [0.05, 0.1) is 12.2 Å². The molecule has 1 aromatic carbocycles. The molecule has 0 bridgehead atoms. The molecule has 2 aromatic rings. The third kappa shape index (κ3) is 3.38. The van der Waals surface area contributed by atoms with Gasteiger partial charge in [0.15, 0.2) is 5.76 Å². The van der Waals surface area contributed by atoms with E-state index in [9.17, 15) is 4.39 Å². The van der Waals surface area contributed by atoms with Crippen LogP contribution < -0.4 is 5.73 Å². The molecule has 0 unspecified atom stereocenters. The Hall–Kier alpha value is -1.72. The van der Waals surface area contributed by atoms with Crippen molar-refractivity contribution in [2.45, 2.75) is 19.6 Å². The minimum Gasteiger partial charge on any atom is -0.360 e. The summed E-state index contributed by atoms with van der Waals surface area (Å²) in [6, 6.07) is 8.32. The van der Waals surface area contributed by atoms with Crippen molar-refractivity contribution >= 4 is 0 Å². The highest BCUT2D eigenvalue weighted by atomic mass is 19.1. The van der Waals surface area contributed by atoms with Crippen LogP contribution in [0.2, 0.25) is 0 Å². The summed E-state index contributed by atoms with van der Waals surface area (Å²) in [5.74, 6) is 0.560. The highest BCUT2D eigenvalue weighted by molar-refractivity contribution is 5.16. The zero-order valence-electron chi connectivity index (χ0n) is 10.3. The smallest absolute Gasteiger partial charge is 0.151 e. The van der Waals surface area contributed by atoms with Crippen LogP contribution in [0.1, 0.15) is 17.0 Å². The second kappa shape index (κ2) is 5.75. The normalized spacial score (nSPS) is 11.1. The molecule has 0 amide bonds. The molecular weight excluding hydrogens is 233 g/mol. The first-order valence-electron chi connectivity index (χ1n) is 5.75. The number of rotatable bonds is 5. The van der Waals surface area contributed by atoms with Crippen molar-refractivity contribution in [2.75, 3.05) is 7.05 Å². The van der Waals surface area contributed by atoms with Gasteiger partial charge in [-0.25, -0.2) is 4.39 Å². The number of nitrogens with zero attached hydrogens (tertiary/aromatic N) is 2. The molecule has 1 aromatic heterocycles. The molecule has 0 radical (unpaired) electrons. The van der Waals surface area contributed by atoms with Crippen LogP contribution in [0.5, 0.6) is 0 Å². The minimum atomic E-state index is -0.218. The van der Waals surface area contributed by atoms with Crippen molar-refractivity contribution in [1.82, 2.24) is 10.1 Å². The molecule has 18 heavy (non-hydrogen) atoms. The van der Waals surface area contributed by atoms with Gasteiger partial charge in [0, 0.05) is 19.2 Å². The molecule has 0 saturated heterocycles. The van der Waals surface area contributed by atoms with E-state index in [1.807, 2.05) is 13.1 Å². The van der Waals surface area contributed by atoms with Crippen molar-refractivity contribution < 1.29 is 8.91 Å². The van der Waals surface area contributed by atoms with Crippen LogP contribution in [0.25, 0.3) is 0 Å². The second-order valence-electron chi connectivity index (χ2n) is 4.29. The van der Waals surface area contributed by atoms with E-state index < -0.39 is 0 Å². The molecule has 0 spiro atoms. The first-order chi connectivity index (χ1) is 8.67. The molecule has 2 N–H and O–H groups in total. The van der Waals surface area contributed by atoms with Crippen LogP contribution in [0.4, 0.5) is 4.39 Å². The Balaban J connectivity index is 1.91. The Morgan fingerprint density at radius 2 is 2.00 bits per heavy atom. The lowest BCUT2D eigenvalue weighted by Gasteiger charge is -2.14. The van der Waals surface area contributed by atoms with Crippen LogP contribution in [-0.4, -0.2) is 17.1 Å². The van der Waals surface area contributed by atoms with E-state index in [-0.39, 0.29) is 5.82 Å². The lowest BCUT2D eigenvalue weighted by molar-refractivity contribution is 0.265. The Bertz CT molecular complexity index is 495. The average Bonchev–Trinajstić information content (AvgIpc) is 2.79. The molecule has 5 heteroatoms. The van der Waals surface area contributed by atoms with Gasteiger partial charge in [0.1, 0.15) is 5.82 Å². The Labute approximate surface area is 105 Å². The number of halogens is 1. The number of hydrogen-bond donors (Lipinski definition) is 1. The fraction of sp³-hybridized carbons (Fsp3) is 0.308. The summed E-state index contributed by atoms with van der Waals surface area (Å²) in [6.45, 7) is 1.74. The molecular formula is C13H16FN3O. The van der Waals surface area contributed by atoms with E-state index in [1.54, 1.807) is 12.1 Å². The molecule has 0 aliphatic rings. The summed E-state index contributed by atoms with van der Waals surface area (Å²) in [6.07, 6.45) is 0. The van der Waals surface area contributed by atoms with Gasteiger partial charge >= 0.3 is 0 Å². The van der Waals surface area contributed by atoms with E-state index in [1.165, 1.54) is 12.1 Å². The molecule has 0 aliphatic carbocycles. The summed E-state index contributed by atoms with van der Waals surface area (Å²) in [5, 5.41) is 3.83. The molecule has 0 fully saturated rings. The van der Waals surface area contributed by atoms with Gasteiger partial charge in [-0.3, -0.25) is 4.90 Å². The fourth-order valence-electron chi connectivity index (χ4n) is 1.75. The van der Waals surface area contributed by atoms with Crippen LogP contribution >= 0.6 is 0 Å². The maximum absolute atomic E-state index is 12.8. The van der Waals surface area contributed by atoms with Gasteiger partial charge < -0.3 is 10.3 Å². The highest BCUT2D eigenvalue weighted by Gasteiger charge is 2.07. The van der Waals surface area contributed by atoms with Crippen LogP contribution in [-0.2, 0) is 19.6 Å². The Kier molecular flexibility index (Phi) is 4.07. The van der Waals surface area contributed by atoms with Crippen molar-refractivity contribution in [3.8, 4) is 0 Å². The quantitative estimate of drug-likeness (QED) is 0.879. The third-order valence-electron chi connectivity index (χ3n) is 2.61. The zero-order chi connectivity index (χ0) is 13.0. The topological polar surface area (TPSA) is 55.3 Å². The lowest BCUT2D eigenvalue weighted by Crippen LogP contribution is -2.16. The van der Waals surface area contributed by atoms with Gasteiger partial charge in [-0.05, 0) is 24.7 Å². The summed E-state index contributed by atoms with van der Waals surface area (Å²) < 4.78 is 17.9. The summed E-state index contributed by atoms with van der Waals surface area (Å²) in [7, 11) is 1.97. The van der Waals surface area contributed by atoms with E-state index >= 15 is 0 Å². The Morgan fingerprint density at radius 3 is 2.61 bits per heavy atom. The predicted molar refractivity (Wildman–Crippen MR) is 66.0 cm³/mol. The van der Waals surface area contributed by atoms with Crippen molar-refractivity contribution in [3.05, 3.63) is 53.2 Å². The Morgan fingerprint density at radius 1 is 1.28 bits per heavy atom. The zero-order valence-corrected chi connectivity index (χ0v) is 10.3. The molecule has 0 saturated carbocycles. The fourth-order valence-corrected chi connectivity index (χ4v) is 1.75. The minimum absolute atomic E-state index is 0.218. The summed E-state index contributed by atoms with van der Waals surface area (Å²) >= 11 is 0. The van der Waals surface area contributed by atoms with E-state index in [0.29, 0.717) is 13.1 Å². The third-order valence-corrected chi connectivity index (χ3v) is 2.61. The second-order valence-corrected chi connectivity index (χ2v) is 4.29. The van der Waals surface area contributed by atoms with Gasteiger partial charge in [-0.2, -0.15) is 0 Å². The highest BCUT2D eigenvalue weighted by Crippen LogP contribution is 2.10. The number of aromatic nitrogens is 1. The number of benzene rings is 1. The molecule has 2 rings (SSSR count). The summed E-state index contributed by atoms with van der Waals surface area (Å²) in [5.41, 5.74) is 7.26. The first-order valence-corrected chi connectivity index (χ1v) is 5.75. The maximum Gasteiger partial charge on any atom is 0.151 e. The van der Waals surface area contributed by atoms with Gasteiger partial charge in [0.25, 0.3) is 0 Å². The SMILES string of the molecule is CN(Cc1ccc(F)cc1)Cc1cc(CN)no1. The van der Waals surface area contributed by atoms with Gasteiger partial charge in [-0.1, -0.05) is 17.3 Å². The van der Waals surface area contributed by atoms with Gasteiger partial charge in [-0.15, -0.1) is 0 Å². The largest absolute Gasteiger partial charge is 0.360 e. The molecule has 0 atom stereocenters. The van der Waals surface area contributed by atoms with Crippen molar-refractivity contribution in [3.63, 3.8) is 0 Å². The van der Waals surface area contributed by atoms with Crippen LogP contribution in [0.15, 0.2) is 34.9 Å². The summed E-state index contributed by atoms with van der Waals surface area (Å²) in [4.78, 5) is 2.06. The molecule has 1 heterocycles. The standard InChI is InChI=1S/C13H16FN3O/c1-17(8-10-2-4-11(14)5-3-10)9-13-6-12(7-15)16-18-13/h2-6H,7-9,15H2,1H3. The molecule has 0 aliphatic heterocycles.